The predicted molar refractivity (Wildman–Crippen MR) is 63.1 cm³/mol. The Morgan fingerprint density at radius 2 is 1.94 bits per heavy atom. The highest BCUT2D eigenvalue weighted by Crippen LogP contribution is 2.21. The van der Waals surface area contributed by atoms with E-state index in [1.807, 2.05) is 0 Å². The summed E-state index contributed by atoms with van der Waals surface area (Å²) in [4.78, 5) is 23.5. The number of benzene rings is 1. The Hall–Kier alpha value is -1.84. The van der Waals surface area contributed by atoms with Crippen molar-refractivity contribution in [2.75, 3.05) is 13.7 Å². The van der Waals surface area contributed by atoms with Crippen molar-refractivity contribution in [1.82, 2.24) is 0 Å². The molecule has 0 N–H and O–H groups in total. The van der Waals surface area contributed by atoms with Crippen LogP contribution in [0.1, 0.15) is 24.2 Å². The molecule has 0 amide bonds. The molecule has 1 aromatic carbocycles. The van der Waals surface area contributed by atoms with E-state index < -0.39 is 11.9 Å². The van der Waals surface area contributed by atoms with Gasteiger partial charge in [-0.05, 0) is 26.0 Å². The first-order valence-corrected chi connectivity index (χ1v) is 5.45. The molecule has 1 rings (SSSR count). The van der Waals surface area contributed by atoms with Gasteiger partial charge in [-0.15, -0.1) is 0 Å². The van der Waals surface area contributed by atoms with Crippen LogP contribution >= 0.6 is 0 Å². The number of ketones is 1. The Kier molecular flexibility index (Phi) is 4.69. The van der Waals surface area contributed by atoms with Crippen molar-refractivity contribution in [2.24, 2.45) is 5.92 Å². The molecule has 1 atom stereocenters. The van der Waals surface area contributed by atoms with Gasteiger partial charge in [-0.3, -0.25) is 9.59 Å². The van der Waals surface area contributed by atoms with Crippen LogP contribution in [0.5, 0.6) is 5.75 Å². The van der Waals surface area contributed by atoms with Crippen LogP contribution in [0.15, 0.2) is 24.3 Å². The van der Waals surface area contributed by atoms with Crippen LogP contribution in [0.2, 0.25) is 0 Å². The molecule has 0 aliphatic rings. The summed E-state index contributed by atoms with van der Waals surface area (Å²) < 4.78 is 9.90. The number of rotatable bonds is 5. The third-order valence-electron chi connectivity index (χ3n) is 2.41. The topological polar surface area (TPSA) is 52.6 Å². The summed E-state index contributed by atoms with van der Waals surface area (Å²) in [5.74, 6) is -1.15. The standard InChI is InChI=1S/C13H16O4/c1-4-17-13(15)9(2)12(14)10-7-5-6-8-11(10)16-3/h5-9H,4H2,1-3H3/t9-/m1/s1. The molecule has 0 spiro atoms. The van der Waals surface area contributed by atoms with Gasteiger partial charge < -0.3 is 9.47 Å². The van der Waals surface area contributed by atoms with Crippen molar-refractivity contribution in [3.8, 4) is 5.75 Å². The van der Waals surface area contributed by atoms with E-state index >= 15 is 0 Å². The van der Waals surface area contributed by atoms with Crippen molar-refractivity contribution < 1.29 is 19.1 Å². The molecule has 17 heavy (non-hydrogen) atoms. The van der Waals surface area contributed by atoms with Crippen LogP contribution in [0, 0.1) is 5.92 Å². The van der Waals surface area contributed by atoms with Gasteiger partial charge in [0.15, 0.2) is 5.78 Å². The number of para-hydroxylation sites is 1. The Bertz CT molecular complexity index is 412. The van der Waals surface area contributed by atoms with E-state index in [1.165, 1.54) is 14.0 Å². The Morgan fingerprint density at radius 3 is 2.53 bits per heavy atom. The minimum atomic E-state index is -0.814. The molecular formula is C13H16O4. The predicted octanol–water partition coefficient (Wildman–Crippen LogP) is 2.08. The lowest BCUT2D eigenvalue weighted by Gasteiger charge is -2.11. The van der Waals surface area contributed by atoms with Gasteiger partial charge in [0.2, 0.25) is 0 Å². The van der Waals surface area contributed by atoms with E-state index in [0.29, 0.717) is 11.3 Å². The second-order valence-electron chi connectivity index (χ2n) is 3.54. The van der Waals surface area contributed by atoms with Gasteiger partial charge in [-0.1, -0.05) is 12.1 Å². The largest absolute Gasteiger partial charge is 0.496 e. The molecule has 0 aliphatic heterocycles. The van der Waals surface area contributed by atoms with Crippen LogP contribution < -0.4 is 4.74 Å². The Morgan fingerprint density at radius 1 is 1.29 bits per heavy atom. The highest BCUT2D eigenvalue weighted by atomic mass is 16.5. The van der Waals surface area contributed by atoms with Crippen molar-refractivity contribution in [3.63, 3.8) is 0 Å². The Labute approximate surface area is 101 Å². The number of esters is 1. The Balaban J connectivity index is 2.92. The van der Waals surface area contributed by atoms with Gasteiger partial charge >= 0.3 is 5.97 Å². The lowest BCUT2D eigenvalue weighted by Crippen LogP contribution is -2.23. The molecule has 0 aliphatic carbocycles. The van der Waals surface area contributed by atoms with Crippen molar-refractivity contribution >= 4 is 11.8 Å². The molecular weight excluding hydrogens is 220 g/mol. The fraction of sp³-hybridized carbons (Fsp3) is 0.385. The molecule has 4 nitrogen and oxygen atoms in total. The van der Waals surface area contributed by atoms with Gasteiger partial charge in [0.25, 0.3) is 0 Å². The number of hydrogen-bond donors (Lipinski definition) is 0. The lowest BCUT2D eigenvalue weighted by molar-refractivity contribution is -0.145. The van der Waals surface area contributed by atoms with Gasteiger partial charge in [0, 0.05) is 0 Å². The van der Waals surface area contributed by atoms with Crippen LogP contribution in [0.25, 0.3) is 0 Å². The molecule has 0 aromatic heterocycles. The summed E-state index contributed by atoms with van der Waals surface area (Å²) in [6.07, 6.45) is 0. The third kappa shape index (κ3) is 3.06. The van der Waals surface area contributed by atoms with E-state index in [2.05, 4.69) is 0 Å². The van der Waals surface area contributed by atoms with Crippen LogP contribution in [0.4, 0.5) is 0 Å². The summed E-state index contributed by atoms with van der Waals surface area (Å²) in [5, 5.41) is 0. The van der Waals surface area contributed by atoms with E-state index in [1.54, 1.807) is 31.2 Å². The normalized spacial score (nSPS) is 11.7. The molecule has 0 saturated carbocycles. The van der Waals surface area contributed by atoms with Gasteiger partial charge in [0.05, 0.1) is 19.3 Å². The molecule has 0 fully saturated rings. The second kappa shape index (κ2) is 6.03. The summed E-state index contributed by atoms with van der Waals surface area (Å²) in [5.41, 5.74) is 0.399. The summed E-state index contributed by atoms with van der Waals surface area (Å²) in [7, 11) is 1.49. The number of Topliss-reactive ketones (excluding diaryl/α,β-unsaturated/α-hetero) is 1. The first-order valence-electron chi connectivity index (χ1n) is 5.45. The summed E-state index contributed by atoms with van der Waals surface area (Å²) in [6.45, 7) is 3.51. The molecule has 1 aromatic rings. The number of hydrogen-bond acceptors (Lipinski definition) is 4. The van der Waals surface area contributed by atoms with Gasteiger partial charge in [0.1, 0.15) is 11.7 Å². The molecule has 0 heterocycles. The van der Waals surface area contributed by atoms with Crippen molar-refractivity contribution in [1.29, 1.82) is 0 Å². The summed E-state index contributed by atoms with van der Waals surface area (Å²) >= 11 is 0. The number of carbonyl (C=O) groups is 2. The quantitative estimate of drug-likeness (QED) is 0.446. The first-order chi connectivity index (χ1) is 8.11. The van der Waals surface area contributed by atoms with Gasteiger partial charge in [-0.2, -0.15) is 0 Å². The van der Waals surface area contributed by atoms with Crippen LogP contribution in [-0.4, -0.2) is 25.5 Å². The molecule has 92 valence electrons. The molecule has 0 radical (unpaired) electrons. The third-order valence-corrected chi connectivity index (χ3v) is 2.41. The van der Waals surface area contributed by atoms with Crippen molar-refractivity contribution in [2.45, 2.75) is 13.8 Å². The number of methoxy groups -OCH3 is 1. The van der Waals surface area contributed by atoms with E-state index in [9.17, 15) is 9.59 Å². The van der Waals surface area contributed by atoms with Crippen LogP contribution in [-0.2, 0) is 9.53 Å². The zero-order valence-corrected chi connectivity index (χ0v) is 10.2. The van der Waals surface area contributed by atoms with Crippen LogP contribution in [0.3, 0.4) is 0 Å². The molecule has 0 saturated heterocycles. The fourth-order valence-corrected chi connectivity index (χ4v) is 1.46. The fourth-order valence-electron chi connectivity index (χ4n) is 1.46. The molecule has 4 heteroatoms. The summed E-state index contributed by atoms with van der Waals surface area (Å²) in [6, 6.07) is 6.82. The molecule has 0 bridgehead atoms. The first kappa shape index (κ1) is 13.2. The van der Waals surface area contributed by atoms with Crippen molar-refractivity contribution in [3.05, 3.63) is 29.8 Å². The lowest BCUT2D eigenvalue weighted by atomic mass is 9.99. The monoisotopic (exact) mass is 236 g/mol. The number of ether oxygens (including phenoxy) is 2. The zero-order valence-electron chi connectivity index (χ0n) is 10.2. The average molecular weight is 236 g/mol. The maximum absolute atomic E-state index is 12.1. The van der Waals surface area contributed by atoms with E-state index in [0.717, 1.165) is 0 Å². The zero-order chi connectivity index (χ0) is 12.8. The highest BCUT2D eigenvalue weighted by molar-refractivity contribution is 6.09. The van der Waals surface area contributed by atoms with E-state index in [-0.39, 0.29) is 12.4 Å². The number of carbonyl (C=O) groups excluding carboxylic acids is 2. The second-order valence-corrected chi connectivity index (χ2v) is 3.54. The van der Waals surface area contributed by atoms with Gasteiger partial charge in [-0.25, -0.2) is 0 Å². The maximum atomic E-state index is 12.1. The minimum Gasteiger partial charge on any atom is -0.496 e. The average Bonchev–Trinajstić information content (AvgIpc) is 2.37. The van der Waals surface area contributed by atoms with E-state index in [4.69, 9.17) is 9.47 Å². The molecule has 0 unspecified atom stereocenters. The minimum absolute atomic E-state index is 0.266. The maximum Gasteiger partial charge on any atom is 0.316 e. The SMILES string of the molecule is CCOC(=O)[C@H](C)C(=O)c1ccccc1OC. The highest BCUT2D eigenvalue weighted by Gasteiger charge is 2.25. The smallest absolute Gasteiger partial charge is 0.316 e.